The van der Waals surface area contributed by atoms with E-state index in [2.05, 4.69) is 10.3 Å². The standard InChI is InChI=1S/C21H22N2O3S/c1-13(17-18(24)23-20(22-17)27-2)15-16(14-9-5-3-6-10-14)21(26-19(15)25)11-7-4-8-12-21/h3,5-6,9-10H,4,7-8,11-12H2,1-2H3,(H,22,23,24)/b17-13-. The first-order chi connectivity index (χ1) is 13.1. The van der Waals surface area contributed by atoms with Crippen molar-refractivity contribution in [2.24, 2.45) is 4.99 Å². The van der Waals surface area contributed by atoms with Crippen LogP contribution in [-0.4, -0.2) is 28.9 Å². The van der Waals surface area contributed by atoms with Crippen molar-refractivity contribution in [2.75, 3.05) is 6.26 Å². The highest BCUT2D eigenvalue weighted by Crippen LogP contribution is 2.50. The number of ether oxygens (including phenoxy) is 1. The topological polar surface area (TPSA) is 67.8 Å². The van der Waals surface area contributed by atoms with Gasteiger partial charge in [-0.1, -0.05) is 48.5 Å². The van der Waals surface area contributed by atoms with Crippen LogP contribution in [0.1, 0.15) is 44.6 Å². The summed E-state index contributed by atoms with van der Waals surface area (Å²) in [5, 5.41) is 3.29. The molecular formula is C21H22N2O3S. The molecule has 1 amide bonds. The summed E-state index contributed by atoms with van der Waals surface area (Å²) in [6.45, 7) is 1.79. The van der Waals surface area contributed by atoms with E-state index in [4.69, 9.17) is 4.74 Å². The Morgan fingerprint density at radius 3 is 2.48 bits per heavy atom. The second-order valence-corrected chi connectivity index (χ2v) is 7.90. The molecule has 5 nitrogen and oxygen atoms in total. The molecule has 1 saturated carbocycles. The number of nitrogens with one attached hydrogen (secondary N) is 1. The van der Waals surface area contributed by atoms with Gasteiger partial charge in [0.05, 0.1) is 5.57 Å². The second kappa shape index (κ2) is 7.00. The maximum atomic E-state index is 13.0. The van der Waals surface area contributed by atoms with E-state index in [1.54, 1.807) is 6.92 Å². The van der Waals surface area contributed by atoms with Crippen LogP contribution in [0.4, 0.5) is 0 Å². The summed E-state index contributed by atoms with van der Waals surface area (Å²) >= 11 is 1.37. The molecule has 4 rings (SSSR count). The van der Waals surface area contributed by atoms with Gasteiger partial charge in [0.2, 0.25) is 0 Å². The first kappa shape index (κ1) is 18.0. The zero-order valence-electron chi connectivity index (χ0n) is 15.5. The van der Waals surface area contributed by atoms with E-state index in [0.29, 0.717) is 22.0 Å². The van der Waals surface area contributed by atoms with Crippen molar-refractivity contribution < 1.29 is 14.3 Å². The molecule has 0 saturated heterocycles. The number of amidine groups is 1. The number of carbonyl (C=O) groups is 2. The molecule has 1 N–H and O–H groups in total. The minimum Gasteiger partial charge on any atom is -0.451 e. The van der Waals surface area contributed by atoms with Crippen LogP contribution in [-0.2, 0) is 14.3 Å². The lowest BCUT2D eigenvalue weighted by Gasteiger charge is -2.34. The Morgan fingerprint density at radius 1 is 1.15 bits per heavy atom. The molecule has 1 aromatic carbocycles. The van der Waals surface area contributed by atoms with Crippen molar-refractivity contribution in [3.8, 4) is 0 Å². The summed E-state index contributed by atoms with van der Waals surface area (Å²) in [6, 6.07) is 9.91. The van der Waals surface area contributed by atoms with Crippen LogP contribution in [0.25, 0.3) is 5.57 Å². The number of thioether (sulfide) groups is 1. The zero-order valence-corrected chi connectivity index (χ0v) is 16.3. The third-order valence-electron chi connectivity index (χ3n) is 5.49. The van der Waals surface area contributed by atoms with Crippen LogP contribution < -0.4 is 5.32 Å². The SMILES string of the molecule is CSC1=N/C(=C(/C)C2=C(c3ccccc3)C3(CCCCC3)OC2=O)C(=O)N1. The number of benzene rings is 1. The van der Waals surface area contributed by atoms with Crippen molar-refractivity contribution in [1.82, 2.24) is 5.32 Å². The molecule has 0 atom stereocenters. The largest absolute Gasteiger partial charge is 0.451 e. The van der Waals surface area contributed by atoms with Gasteiger partial charge < -0.3 is 4.74 Å². The lowest BCUT2D eigenvalue weighted by atomic mass is 9.75. The Balaban J connectivity index is 1.94. The summed E-state index contributed by atoms with van der Waals surface area (Å²) in [5.41, 5.74) is 2.69. The molecule has 0 bridgehead atoms. The fraction of sp³-hybridized carbons (Fsp3) is 0.381. The molecule has 1 aromatic rings. The van der Waals surface area contributed by atoms with Crippen LogP contribution in [0.15, 0.2) is 52.2 Å². The van der Waals surface area contributed by atoms with Crippen molar-refractivity contribution in [3.63, 3.8) is 0 Å². The molecule has 6 heteroatoms. The fourth-order valence-corrected chi connectivity index (χ4v) is 4.62. The van der Waals surface area contributed by atoms with Gasteiger partial charge in [-0.15, -0.1) is 0 Å². The molecule has 3 aliphatic rings. The predicted molar refractivity (Wildman–Crippen MR) is 107 cm³/mol. The third-order valence-corrected chi connectivity index (χ3v) is 6.07. The third kappa shape index (κ3) is 3.02. The van der Waals surface area contributed by atoms with Crippen LogP contribution in [0.5, 0.6) is 0 Å². The summed E-state index contributed by atoms with van der Waals surface area (Å²) in [7, 11) is 0. The van der Waals surface area contributed by atoms with Gasteiger partial charge in [0.25, 0.3) is 5.91 Å². The lowest BCUT2D eigenvalue weighted by molar-refractivity contribution is -0.147. The number of carbonyl (C=O) groups excluding carboxylic acids is 2. The van der Waals surface area contributed by atoms with E-state index in [-0.39, 0.29) is 11.9 Å². The van der Waals surface area contributed by atoms with Gasteiger partial charge in [-0.25, -0.2) is 9.79 Å². The maximum absolute atomic E-state index is 13.0. The Morgan fingerprint density at radius 2 is 1.85 bits per heavy atom. The number of nitrogens with zero attached hydrogens (tertiary/aromatic N) is 1. The summed E-state index contributed by atoms with van der Waals surface area (Å²) in [5.74, 6) is -0.615. The number of rotatable bonds is 2. The van der Waals surface area contributed by atoms with Crippen molar-refractivity contribution in [2.45, 2.75) is 44.6 Å². The highest BCUT2D eigenvalue weighted by molar-refractivity contribution is 8.13. The Kier molecular flexibility index (Phi) is 4.68. The van der Waals surface area contributed by atoms with Gasteiger partial charge >= 0.3 is 5.97 Å². The highest BCUT2D eigenvalue weighted by Gasteiger charge is 2.49. The van der Waals surface area contributed by atoms with E-state index >= 15 is 0 Å². The zero-order chi connectivity index (χ0) is 19.0. The second-order valence-electron chi connectivity index (χ2n) is 7.11. The molecule has 0 aromatic heterocycles. The highest BCUT2D eigenvalue weighted by atomic mass is 32.2. The van der Waals surface area contributed by atoms with Gasteiger partial charge in [0, 0.05) is 5.57 Å². The molecule has 1 spiro atoms. The van der Waals surface area contributed by atoms with E-state index in [0.717, 1.165) is 43.2 Å². The quantitative estimate of drug-likeness (QED) is 0.624. The van der Waals surface area contributed by atoms with Crippen LogP contribution >= 0.6 is 11.8 Å². The van der Waals surface area contributed by atoms with Gasteiger partial charge in [0.1, 0.15) is 11.3 Å². The summed E-state index contributed by atoms with van der Waals surface area (Å²) in [4.78, 5) is 29.8. The monoisotopic (exact) mass is 382 g/mol. The lowest BCUT2D eigenvalue weighted by Crippen LogP contribution is -2.33. The number of hydrogen-bond acceptors (Lipinski definition) is 5. The molecular weight excluding hydrogens is 360 g/mol. The van der Waals surface area contributed by atoms with Crippen LogP contribution in [0.3, 0.4) is 0 Å². The van der Waals surface area contributed by atoms with Crippen molar-refractivity contribution >= 4 is 34.4 Å². The average Bonchev–Trinajstić information content (AvgIpc) is 3.19. The molecule has 140 valence electrons. The summed E-state index contributed by atoms with van der Waals surface area (Å²) in [6.07, 6.45) is 6.71. The normalized spacial score (nSPS) is 23.4. The molecule has 0 radical (unpaired) electrons. The summed E-state index contributed by atoms with van der Waals surface area (Å²) < 4.78 is 6.01. The van der Waals surface area contributed by atoms with Crippen LogP contribution in [0.2, 0.25) is 0 Å². The number of esters is 1. The number of aliphatic imine (C=N–C) groups is 1. The van der Waals surface area contributed by atoms with Gasteiger partial charge in [-0.05, 0) is 50.0 Å². The molecule has 1 aliphatic carbocycles. The number of amides is 1. The first-order valence-corrected chi connectivity index (χ1v) is 10.5. The molecule has 2 aliphatic heterocycles. The van der Waals surface area contributed by atoms with E-state index < -0.39 is 5.60 Å². The predicted octanol–water partition coefficient (Wildman–Crippen LogP) is 3.82. The molecule has 1 fully saturated rings. The first-order valence-electron chi connectivity index (χ1n) is 9.24. The Hall–Kier alpha value is -2.34. The fourth-order valence-electron chi connectivity index (χ4n) is 4.24. The van der Waals surface area contributed by atoms with E-state index in [1.165, 1.54) is 11.8 Å². The van der Waals surface area contributed by atoms with Crippen molar-refractivity contribution in [1.29, 1.82) is 0 Å². The molecule has 2 heterocycles. The van der Waals surface area contributed by atoms with Crippen molar-refractivity contribution in [3.05, 3.63) is 52.7 Å². The molecule has 27 heavy (non-hydrogen) atoms. The van der Waals surface area contributed by atoms with Gasteiger partial charge in [-0.2, -0.15) is 0 Å². The number of hydrogen-bond donors (Lipinski definition) is 1. The van der Waals surface area contributed by atoms with E-state index in [9.17, 15) is 9.59 Å². The molecule has 0 unspecified atom stereocenters. The van der Waals surface area contributed by atoms with Gasteiger partial charge in [0.15, 0.2) is 5.17 Å². The Labute approximate surface area is 163 Å². The van der Waals surface area contributed by atoms with Crippen LogP contribution in [0, 0.1) is 0 Å². The Bertz CT molecular complexity index is 893. The average molecular weight is 382 g/mol. The minimum atomic E-state index is -0.588. The van der Waals surface area contributed by atoms with Gasteiger partial charge in [-0.3, -0.25) is 10.1 Å². The maximum Gasteiger partial charge on any atom is 0.339 e. The van der Waals surface area contributed by atoms with E-state index in [1.807, 2.05) is 36.6 Å². The minimum absolute atomic E-state index is 0.269. The smallest absolute Gasteiger partial charge is 0.339 e.